The summed E-state index contributed by atoms with van der Waals surface area (Å²) in [5.41, 5.74) is 0. The van der Waals surface area contributed by atoms with E-state index in [0.29, 0.717) is 26.4 Å². The molecule has 1 saturated heterocycles. The molecule has 166 valence electrons. The minimum Gasteiger partial charge on any atom is -0.463 e. The molecule has 8 atom stereocenters. The number of hydrogen-bond acceptors (Lipinski definition) is 4. The van der Waals surface area contributed by atoms with Gasteiger partial charge in [0.05, 0.1) is 6.61 Å². The lowest BCUT2D eigenvalue weighted by Gasteiger charge is -2.36. The standard InChI is InChI=1S/C25H42O4/c1-3-17-11-18(4-2)25-22-13-20(24(17)25)12-19(22)9-7-5-6-8-10-23(26)28-15-21-14-27-16-29-21/h17-22,24-25H,3-16H2,1-2H3. The Morgan fingerprint density at radius 3 is 2.48 bits per heavy atom. The molecule has 4 fully saturated rings. The Balaban J connectivity index is 1.09. The van der Waals surface area contributed by atoms with Gasteiger partial charge in [-0.2, -0.15) is 0 Å². The number of hydrogen-bond donors (Lipinski definition) is 0. The molecule has 1 heterocycles. The Hall–Kier alpha value is -0.610. The molecule has 4 nitrogen and oxygen atoms in total. The van der Waals surface area contributed by atoms with Gasteiger partial charge in [0.2, 0.25) is 0 Å². The summed E-state index contributed by atoms with van der Waals surface area (Å²) in [6.45, 7) is 6.06. The van der Waals surface area contributed by atoms with E-state index in [0.717, 1.165) is 54.3 Å². The topological polar surface area (TPSA) is 44.8 Å². The summed E-state index contributed by atoms with van der Waals surface area (Å²) < 4.78 is 15.7. The van der Waals surface area contributed by atoms with Crippen LogP contribution >= 0.6 is 0 Å². The van der Waals surface area contributed by atoms with Gasteiger partial charge in [0.25, 0.3) is 0 Å². The van der Waals surface area contributed by atoms with Crippen molar-refractivity contribution in [3.8, 4) is 0 Å². The van der Waals surface area contributed by atoms with Crippen LogP contribution in [-0.4, -0.2) is 32.1 Å². The zero-order chi connectivity index (χ0) is 20.2. The molecule has 3 aliphatic carbocycles. The first-order valence-corrected chi connectivity index (χ1v) is 12.6. The third-order valence-corrected chi connectivity index (χ3v) is 8.84. The maximum atomic E-state index is 11.8. The van der Waals surface area contributed by atoms with E-state index >= 15 is 0 Å². The van der Waals surface area contributed by atoms with Crippen molar-refractivity contribution >= 4 is 5.97 Å². The molecule has 29 heavy (non-hydrogen) atoms. The summed E-state index contributed by atoms with van der Waals surface area (Å²) in [5, 5.41) is 0. The molecule has 0 N–H and O–H groups in total. The minimum atomic E-state index is -0.0861. The Bertz CT molecular complexity index is 529. The lowest BCUT2D eigenvalue weighted by molar-refractivity contribution is -0.146. The third kappa shape index (κ3) is 4.84. The molecule has 4 heteroatoms. The van der Waals surface area contributed by atoms with Gasteiger partial charge in [-0.1, -0.05) is 52.4 Å². The van der Waals surface area contributed by atoms with Gasteiger partial charge in [-0.3, -0.25) is 4.79 Å². The number of ether oxygens (including phenoxy) is 3. The predicted octanol–water partition coefficient (Wildman–Crippen LogP) is 5.59. The molecule has 4 rings (SSSR count). The first kappa shape index (κ1) is 21.6. The Kier molecular flexibility index (Phi) is 7.55. The zero-order valence-electron chi connectivity index (χ0n) is 18.7. The molecule has 0 aromatic heterocycles. The van der Waals surface area contributed by atoms with Gasteiger partial charge in [0.15, 0.2) is 0 Å². The van der Waals surface area contributed by atoms with Crippen LogP contribution in [0.25, 0.3) is 0 Å². The van der Waals surface area contributed by atoms with Crippen molar-refractivity contribution in [3.63, 3.8) is 0 Å². The van der Waals surface area contributed by atoms with Crippen molar-refractivity contribution in [1.82, 2.24) is 0 Å². The van der Waals surface area contributed by atoms with Crippen LogP contribution in [0.3, 0.4) is 0 Å². The molecule has 0 amide bonds. The number of esters is 1. The van der Waals surface area contributed by atoms with E-state index in [1.807, 2.05) is 0 Å². The Morgan fingerprint density at radius 1 is 0.931 bits per heavy atom. The summed E-state index contributed by atoms with van der Waals surface area (Å²) in [6.07, 6.45) is 14.1. The van der Waals surface area contributed by atoms with E-state index in [1.54, 1.807) is 6.42 Å². The lowest BCUT2D eigenvalue weighted by atomic mass is 9.69. The normalized spacial score (nSPS) is 40.5. The molecule has 0 radical (unpaired) electrons. The van der Waals surface area contributed by atoms with Crippen molar-refractivity contribution < 1.29 is 19.0 Å². The quantitative estimate of drug-likeness (QED) is 0.331. The molecule has 8 unspecified atom stereocenters. The molecule has 1 aliphatic heterocycles. The number of unbranched alkanes of at least 4 members (excludes halogenated alkanes) is 3. The lowest BCUT2D eigenvalue weighted by Crippen LogP contribution is -2.29. The van der Waals surface area contributed by atoms with E-state index in [9.17, 15) is 4.79 Å². The van der Waals surface area contributed by atoms with Crippen LogP contribution in [0.5, 0.6) is 0 Å². The molecular formula is C25H42O4. The van der Waals surface area contributed by atoms with Crippen LogP contribution in [0.2, 0.25) is 0 Å². The maximum absolute atomic E-state index is 11.8. The van der Waals surface area contributed by atoms with Gasteiger partial charge < -0.3 is 14.2 Å². The van der Waals surface area contributed by atoms with Crippen molar-refractivity contribution in [2.75, 3.05) is 20.0 Å². The van der Waals surface area contributed by atoms with Crippen LogP contribution in [0.15, 0.2) is 0 Å². The van der Waals surface area contributed by atoms with Crippen LogP contribution < -0.4 is 0 Å². The highest BCUT2D eigenvalue weighted by Gasteiger charge is 2.58. The van der Waals surface area contributed by atoms with Crippen LogP contribution in [0.1, 0.15) is 84.5 Å². The summed E-state index contributed by atoms with van der Waals surface area (Å²) in [7, 11) is 0. The SMILES string of the molecule is CCC1CC(CC)C2C3CC(CC3CCCCCCC(=O)OCC3COCO3)C12. The summed E-state index contributed by atoms with van der Waals surface area (Å²) >= 11 is 0. The smallest absolute Gasteiger partial charge is 0.305 e. The van der Waals surface area contributed by atoms with Gasteiger partial charge in [0.1, 0.15) is 19.5 Å². The van der Waals surface area contributed by atoms with Crippen LogP contribution in [0, 0.1) is 41.4 Å². The first-order chi connectivity index (χ1) is 14.2. The van der Waals surface area contributed by atoms with Crippen molar-refractivity contribution in [1.29, 1.82) is 0 Å². The van der Waals surface area contributed by atoms with Crippen molar-refractivity contribution in [2.45, 2.75) is 90.6 Å². The van der Waals surface area contributed by atoms with Gasteiger partial charge in [-0.15, -0.1) is 0 Å². The summed E-state index contributed by atoms with van der Waals surface area (Å²) in [4.78, 5) is 11.8. The van der Waals surface area contributed by atoms with Gasteiger partial charge in [-0.25, -0.2) is 0 Å². The third-order valence-electron chi connectivity index (χ3n) is 8.84. The second kappa shape index (κ2) is 10.1. The van der Waals surface area contributed by atoms with Gasteiger partial charge >= 0.3 is 5.97 Å². The van der Waals surface area contributed by atoms with Crippen LogP contribution in [-0.2, 0) is 19.0 Å². The van der Waals surface area contributed by atoms with Crippen molar-refractivity contribution in [2.24, 2.45) is 41.4 Å². The fraction of sp³-hybridized carbons (Fsp3) is 0.960. The summed E-state index contributed by atoms with van der Waals surface area (Å²) in [6, 6.07) is 0. The summed E-state index contributed by atoms with van der Waals surface area (Å²) in [5.74, 6) is 7.23. The predicted molar refractivity (Wildman–Crippen MR) is 113 cm³/mol. The van der Waals surface area contributed by atoms with Crippen LogP contribution in [0.4, 0.5) is 0 Å². The molecule has 4 aliphatic rings. The fourth-order valence-electron chi connectivity index (χ4n) is 7.62. The van der Waals surface area contributed by atoms with E-state index in [-0.39, 0.29) is 12.1 Å². The average molecular weight is 407 g/mol. The van der Waals surface area contributed by atoms with Gasteiger partial charge in [-0.05, 0) is 67.1 Å². The Labute approximate surface area is 177 Å². The highest BCUT2D eigenvalue weighted by molar-refractivity contribution is 5.69. The monoisotopic (exact) mass is 406 g/mol. The van der Waals surface area contributed by atoms with E-state index < -0.39 is 0 Å². The Morgan fingerprint density at radius 2 is 1.72 bits per heavy atom. The largest absolute Gasteiger partial charge is 0.463 e. The van der Waals surface area contributed by atoms with Gasteiger partial charge in [0, 0.05) is 6.42 Å². The number of fused-ring (bicyclic) bond motifs is 5. The first-order valence-electron chi connectivity index (χ1n) is 12.6. The molecule has 3 saturated carbocycles. The number of rotatable bonds is 11. The second-order valence-corrected chi connectivity index (χ2v) is 10.3. The molecular weight excluding hydrogens is 364 g/mol. The zero-order valence-corrected chi connectivity index (χ0v) is 18.7. The number of carbonyl (C=O) groups excluding carboxylic acids is 1. The fourth-order valence-corrected chi connectivity index (χ4v) is 7.62. The highest BCUT2D eigenvalue weighted by atomic mass is 16.7. The average Bonchev–Trinajstić information content (AvgIpc) is 3.50. The maximum Gasteiger partial charge on any atom is 0.305 e. The van der Waals surface area contributed by atoms with E-state index in [4.69, 9.17) is 14.2 Å². The minimum absolute atomic E-state index is 0.0694. The number of carbonyl (C=O) groups is 1. The van der Waals surface area contributed by atoms with E-state index in [1.165, 1.54) is 44.9 Å². The molecule has 0 aromatic rings. The molecule has 0 aromatic carbocycles. The van der Waals surface area contributed by atoms with Crippen molar-refractivity contribution in [3.05, 3.63) is 0 Å². The molecule has 2 bridgehead atoms. The second-order valence-electron chi connectivity index (χ2n) is 10.3. The highest BCUT2D eigenvalue weighted by Crippen LogP contribution is 2.66. The molecule has 0 spiro atoms. The van der Waals surface area contributed by atoms with E-state index in [2.05, 4.69) is 13.8 Å².